The van der Waals surface area contributed by atoms with E-state index in [1.807, 2.05) is 18.2 Å². The maximum atomic E-state index is 13.1. The van der Waals surface area contributed by atoms with E-state index in [1.165, 1.54) is 83.5 Å². The molecule has 108 heavy (non-hydrogen) atoms. The van der Waals surface area contributed by atoms with E-state index in [0.717, 1.165) is 167 Å². The van der Waals surface area contributed by atoms with Crippen molar-refractivity contribution in [2.75, 3.05) is 39.6 Å². The fraction of sp³-hybridized carbons (Fsp3) is 0.685. The molecule has 0 rings (SSSR count). The molecule has 3 N–H and O–H groups in total. The molecule has 0 aliphatic heterocycles. The summed E-state index contributed by atoms with van der Waals surface area (Å²) in [7, 11) is -10.00. The number of aliphatic hydroxyl groups excluding tert-OH is 1. The molecule has 5 unspecified atom stereocenters. The summed E-state index contributed by atoms with van der Waals surface area (Å²) in [6.07, 6.45) is 92.5. The number of esters is 4. The summed E-state index contributed by atoms with van der Waals surface area (Å²) >= 11 is 0. The Bertz CT molecular complexity index is 2610. The van der Waals surface area contributed by atoms with Gasteiger partial charge in [0.15, 0.2) is 12.2 Å². The first-order valence-electron chi connectivity index (χ1n) is 42.1. The first-order valence-corrected chi connectivity index (χ1v) is 45.1. The molecule has 0 aromatic heterocycles. The number of ether oxygens (including phenoxy) is 4. The van der Waals surface area contributed by atoms with Crippen LogP contribution in [-0.4, -0.2) is 96.7 Å². The normalized spacial score (nSPS) is 14.5. The summed E-state index contributed by atoms with van der Waals surface area (Å²) in [6, 6.07) is 0. The Hall–Kier alpha value is -5.06. The van der Waals surface area contributed by atoms with Crippen LogP contribution in [0.15, 0.2) is 146 Å². The lowest BCUT2D eigenvalue weighted by Crippen LogP contribution is -2.30. The minimum absolute atomic E-state index is 0.0287. The zero-order valence-corrected chi connectivity index (χ0v) is 69.5. The molecule has 0 aromatic carbocycles. The number of allylic oxidation sites excluding steroid dienone is 24. The quantitative estimate of drug-likeness (QED) is 0.0169. The molecular formula is C89H150O17P2. The van der Waals surface area contributed by atoms with Crippen molar-refractivity contribution in [2.45, 2.75) is 354 Å². The molecule has 0 saturated carbocycles. The van der Waals surface area contributed by atoms with Gasteiger partial charge in [-0.25, -0.2) is 9.13 Å². The van der Waals surface area contributed by atoms with Crippen molar-refractivity contribution < 1.29 is 80.2 Å². The number of phosphoric acid groups is 2. The lowest BCUT2D eigenvalue weighted by molar-refractivity contribution is -0.161. The van der Waals surface area contributed by atoms with E-state index in [2.05, 4.69) is 155 Å². The van der Waals surface area contributed by atoms with Crippen molar-refractivity contribution in [3.05, 3.63) is 146 Å². The highest BCUT2D eigenvalue weighted by Crippen LogP contribution is 2.45. The van der Waals surface area contributed by atoms with Crippen molar-refractivity contribution >= 4 is 39.5 Å². The second-order valence-corrected chi connectivity index (χ2v) is 30.6. The van der Waals surface area contributed by atoms with E-state index < -0.39 is 97.5 Å². The van der Waals surface area contributed by atoms with Gasteiger partial charge >= 0.3 is 39.5 Å². The predicted molar refractivity (Wildman–Crippen MR) is 445 cm³/mol. The second kappa shape index (κ2) is 80.0. The number of unbranched alkanes of at least 4 members (excludes halogenated alkanes) is 28. The monoisotopic (exact) mass is 1550 g/mol. The summed E-state index contributed by atoms with van der Waals surface area (Å²) < 4.78 is 68.7. The maximum Gasteiger partial charge on any atom is 0.472 e. The average molecular weight is 1550 g/mol. The number of carbonyl (C=O) groups excluding carboxylic acids is 4. The van der Waals surface area contributed by atoms with Crippen LogP contribution >= 0.6 is 15.6 Å². The number of aliphatic hydroxyl groups is 1. The van der Waals surface area contributed by atoms with Crippen LogP contribution in [0.5, 0.6) is 0 Å². The van der Waals surface area contributed by atoms with E-state index in [1.54, 1.807) is 0 Å². The van der Waals surface area contributed by atoms with Gasteiger partial charge in [0.05, 0.1) is 26.4 Å². The third kappa shape index (κ3) is 79.0. The fourth-order valence-electron chi connectivity index (χ4n) is 11.0. The Kier molecular flexibility index (Phi) is 76.3. The SMILES string of the molecule is CC/C=C\C/C=C\C/C=C\C/C=C\C/C=C\C/C=C\CCC(=O)OCC(COP(=O)(O)OCC(O)COP(=O)(O)OCC(COC(=O)CCCCCCC/C=C\C/C=C\CCCCC)OC(=O)CCCCCCCCCCCCCCCCC)OC(=O)CCCCCCCC/C=C\C/C=C\C/C=C\C/C=C\CC. The molecule has 0 radical (unpaired) electrons. The van der Waals surface area contributed by atoms with Gasteiger partial charge in [0.2, 0.25) is 0 Å². The first-order chi connectivity index (χ1) is 52.7. The molecule has 0 amide bonds. The molecule has 0 heterocycles. The van der Waals surface area contributed by atoms with Crippen molar-refractivity contribution in [1.29, 1.82) is 0 Å². The van der Waals surface area contributed by atoms with Gasteiger partial charge in [-0.1, -0.05) is 321 Å². The Balaban J connectivity index is 5.46. The van der Waals surface area contributed by atoms with Crippen LogP contribution in [0.2, 0.25) is 0 Å². The predicted octanol–water partition coefficient (Wildman–Crippen LogP) is 25.0. The van der Waals surface area contributed by atoms with Gasteiger partial charge in [0, 0.05) is 25.7 Å². The first kappa shape index (κ1) is 103. The number of rotatable bonds is 78. The summed E-state index contributed by atoms with van der Waals surface area (Å²) in [5, 5.41) is 10.7. The molecular weight excluding hydrogens is 1400 g/mol. The Morgan fingerprint density at radius 3 is 0.815 bits per heavy atom. The standard InChI is InChI=1S/C89H150O17P2/c1-5-9-13-17-21-25-29-33-37-39-41-43-47-50-54-58-62-66-70-74-87(92)100-80-85(106-89(94)76-72-68-64-60-56-52-48-44-42-40-38-34-30-26-22-18-14-10-6-2)82-104-108(97,98)102-78-83(90)77-101-107(95,96)103-81-84(105-88(93)75-71-67-63-59-55-51-46-36-32-28-24-20-16-12-8-4)79-99-86(91)73-69-65-61-57-53-49-45-35-31-27-23-19-15-11-7-3/h9-10,13-14,21-23,25-27,33-35,37-38,41-45,50,54,62,66,83-85,90H,5-8,11-12,15-20,24,28-32,36,39-40,46-49,51-53,55-61,63-65,67-82H2,1-4H3,(H,95,96)(H,97,98)/b13-9-,14-10-,25-21-,26-22-,27-23-,37-33-,38-34-,43-41-,44-42-,45-35-,54-50-,66-62-. The van der Waals surface area contributed by atoms with Gasteiger partial charge in [-0.15, -0.1) is 0 Å². The van der Waals surface area contributed by atoms with E-state index in [-0.39, 0.29) is 25.7 Å². The minimum Gasteiger partial charge on any atom is -0.462 e. The average Bonchev–Trinajstić information content (AvgIpc) is 0.896. The zero-order chi connectivity index (χ0) is 78.9. The smallest absolute Gasteiger partial charge is 0.462 e. The lowest BCUT2D eigenvalue weighted by atomic mass is 10.0. The van der Waals surface area contributed by atoms with Crippen LogP contribution in [0.25, 0.3) is 0 Å². The summed E-state index contributed by atoms with van der Waals surface area (Å²) in [4.78, 5) is 73.2. The van der Waals surface area contributed by atoms with Gasteiger partial charge in [-0.3, -0.25) is 37.3 Å². The van der Waals surface area contributed by atoms with E-state index in [0.29, 0.717) is 32.1 Å². The van der Waals surface area contributed by atoms with Crippen LogP contribution < -0.4 is 0 Å². The van der Waals surface area contributed by atoms with Gasteiger partial charge in [-0.05, 0) is 135 Å². The molecule has 0 aliphatic carbocycles. The van der Waals surface area contributed by atoms with Gasteiger partial charge in [0.25, 0.3) is 0 Å². The van der Waals surface area contributed by atoms with Crippen LogP contribution in [0, 0.1) is 0 Å². The summed E-state index contributed by atoms with van der Waals surface area (Å²) in [5.74, 6) is -2.30. The number of hydrogen-bond acceptors (Lipinski definition) is 15. The van der Waals surface area contributed by atoms with Crippen molar-refractivity contribution in [3.63, 3.8) is 0 Å². The molecule has 0 aliphatic rings. The fourth-order valence-corrected chi connectivity index (χ4v) is 12.6. The Labute approximate surface area is 656 Å². The second-order valence-electron chi connectivity index (χ2n) is 27.7. The van der Waals surface area contributed by atoms with E-state index >= 15 is 0 Å². The minimum atomic E-state index is -5.01. The van der Waals surface area contributed by atoms with Crippen LogP contribution in [0.4, 0.5) is 0 Å². The number of phosphoric ester groups is 2. The molecule has 0 saturated heterocycles. The lowest BCUT2D eigenvalue weighted by Gasteiger charge is -2.21. The topological polar surface area (TPSA) is 237 Å². The largest absolute Gasteiger partial charge is 0.472 e. The molecule has 17 nitrogen and oxygen atoms in total. The molecule has 0 bridgehead atoms. The Morgan fingerprint density at radius 1 is 0.269 bits per heavy atom. The molecule has 19 heteroatoms. The van der Waals surface area contributed by atoms with Gasteiger partial charge in [-0.2, -0.15) is 0 Å². The third-order valence-electron chi connectivity index (χ3n) is 17.3. The highest BCUT2D eigenvalue weighted by molar-refractivity contribution is 7.47. The van der Waals surface area contributed by atoms with Crippen molar-refractivity contribution in [1.82, 2.24) is 0 Å². The molecule has 0 aromatic rings. The van der Waals surface area contributed by atoms with Gasteiger partial charge < -0.3 is 33.8 Å². The third-order valence-corrected chi connectivity index (χ3v) is 19.2. The van der Waals surface area contributed by atoms with Crippen molar-refractivity contribution in [2.24, 2.45) is 0 Å². The summed E-state index contributed by atoms with van der Waals surface area (Å²) in [5.41, 5.74) is 0. The molecule has 618 valence electrons. The van der Waals surface area contributed by atoms with Crippen molar-refractivity contribution in [3.8, 4) is 0 Å². The number of hydrogen-bond donors (Lipinski definition) is 3. The maximum absolute atomic E-state index is 13.1. The highest BCUT2D eigenvalue weighted by atomic mass is 31.2. The van der Waals surface area contributed by atoms with E-state index in [9.17, 15) is 43.2 Å². The molecule has 5 atom stereocenters. The zero-order valence-electron chi connectivity index (χ0n) is 67.7. The summed E-state index contributed by atoms with van der Waals surface area (Å²) in [6.45, 7) is 4.54. The number of carbonyl (C=O) groups is 4. The molecule has 0 fully saturated rings. The van der Waals surface area contributed by atoms with Crippen LogP contribution in [0.1, 0.15) is 336 Å². The molecule has 0 spiro atoms. The highest BCUT2D eigenvalue weighted by Gasteiger charge is 2.30. The Morgan fingerprint density at radius 2 is 0.500 bits per heavy atom. The van der Waals surface area contributed by atoms with Crippen LogP contribution in [0.3, 0.4) is 0 Å². The van der Waals surface area contributed by atoms with E-state index in [4.69, 9.17) is 37.0 Å². The van der Waals surface area contributed by atoms with Crippen LogP contribution in [-0.2, 0) is 65.4 Å². The van der Waals surface area contributed by atoms with Gasteiger partial charge in [0.1, 0.15) is 19.3 Å².